The van der Waals surface area contributed by atoms with E-state index in [0.29, 0.717) is 13.1 Å². The number of halogens is 1. The highest BCUT2D eigenvalue weighted by Gasteiger charge is 2.08. The normalized spacial score (nSPS) is 11.7. The van der Waals surface area contributed by atoms with Gasteiger partial charge in [-0.2, -0.15) is 0 Å². The standard InChI is InChI=1S/C20H25FN6/c1-3-22-20(26(2)15-16-8-6-9-17(21)14-16)23-12-7-11-19-25-24-18-10-4-5-13-27(18)19/h4-6,8-10,13-14H,3,7,11-12,15H2,1-2H3,(H,22,23). The predicted octanol–water partition coefficient (Wildman–Crippen LogP) is 2.90. The van der Waals surface area contributed by atoms with E-state index in [1.54, 1.807) is 12.1 Å². The Morgan fingerprint density at radius 1 is 1.22 bits per heavy atom. The van der Waals surface area contributed by atoms with Crippen LogP contribution in [0.3, 0.4) is 0 Å². The number of nitrogens with zero attached hydrogens (tertiary/aromatic N) is 5. The Hall–Kier alpha value is -2.96. The van der Waals surface area contributed by atoms with Crippen LogP contribution in [0.2, 0.25) is 0 Å². The number of rotatable bonds is 7. The molecule has 0 spiro atoms. The lowest BCUT2D eigenvalue weighted by Gasteiger charge is -2.22. The summed E-state index contributed by atoms with van der Waals surface area (Å²) in [5.41, 5.74) is 1.78. The van der Waals surface area contributed by atoms with Gasteiger partial charge in [0.1, 0.15) is 11.6 Å². The Balaban J connectivity index is 1.58. The second-order valence-corrected chi connectivity index (χ2v) is 6.37. The molecule has 0 radical (unpaired) electrons. The highest BCUT2D eigenvalue weighted by atomic mass is 19.1. The Bertz CT molecular complexity index is 904. The van der Waals surface area contributed by atoms with E-state index in [0.717, 1.165) is 42.4 Å². The van der Waals surface area contributed by atoms with E-state index in [-0.39, 0.29) is 5.82 Å². The molecule has 0 bridgehead atoms. The minimum atomic E-state index is -0.219. The molecule has 0 aliphatic heterocycles. The number of nitrogens with one attached hydrogen (secondary N) is 1. The Labute approximate surface area is 158 Å². The lowest BCUT2D eigenvalue weighted by molar-refractivity contribution is 0.474. The zero-order valence-corrected chi connectivity index (χ0v) is 15.8. The lowest BCUT2D eigenvalue weighted by atomic mass is 10.2. The third kappa shape index (κ3) is 5.03. The van der Waals surface area contributed by atoms with Crippen molar-refractivity contribution in [2.75, 3.05) is 20.1 Å². The van der Waals surface area contributed by atoms with Crippen molar-refractivity contribution in [3.8, 4) is 0 Å². The Kier molecular flexibility index (Phi) is 6.35. The Morgan fingerprint density at radius 2 is 2.11 bits per heavy atom. The molecule has 0 atom stereocenters. The molecule has 3 rings (SSSR count). The molecule has 0 saturated carbocycles. The molecule has 142 valence electrons. The van der Waals surface area contributed by atoms with Gasteiger partial charge in [0, 0.05) is 39.3 Å². The largest absolute Gasteiger partial charge is 0.357 e. The number of aryl methyl sites for hydroxylation is 1. The zero-order chi connectivity index (χ0) is 19.1. The molecule has 6 nitrogen and oxygen atoms in total. The minimum Gasteiger partial charge on any atom is -0.357 e. The second-order valence-electron chi connectivity index (χ2n) is 6.37. The van der Waals surface area contributed by atoms with Crippen molar-refractivity contribution in [3.63, 3.8) is 0 Å². The summed E-state index contributed by atoms with van der Waals surface area (Å²) in [7, 11) is 1.96. The summed E-state index contributed by atoms with van der Waals surface area (Å²) in [6.45, 7) is 4.09. The maximum Gasteiger partial charge on any atom is 0.193 e. The van der Waals surface area contributed by atoms with E-state index >= 15 is 0 Å². The van der Waals surface area contributed by atoms with Crippen molar-refractivity contribution >= 4 is 11.6 Å². The third-order valence-corrected chi connectivity index (χ3v) is 4.21. The van der Waals surface area contributed by atoms with E-state index in [1.807, 2.05) is 53.7 Å². The zero-order valence-electron chi connectivity index (χ0n) is 15.8. The number of benzene rings is 1. The van der Waals surface area contributed by atoms with E-state index in [1.165, 1.54) is 6.07 Å². The van der Waals surface area contributed by atoms with Crippen LogP contribution in [0.25, 0.3) is 5.65 Å². The monoisotopic (exact) mass is 368 g/mol. The van der Waals surface area contributed by atoms with Gasteiger partial charge in [-0.3, -0.25) is 9.39 Å². The van der Waals surface area contributed by atoms with Crippen LogP contribution in [0, 0.1) is 5.82 Å². The molecule has 2 heterocycles. The van der Waals surface area contributed by atoms with Gasteiger partial charge < -0.3 is 10.2 Å². The smallest absolute Gasteiger partial charge is 0.193 e. The average Bonchev–Trinajstić information content (AvgIpc) is 3.07. The number of aliphatic imine (C=N–C) groups is 1. The van der Waals surface area contributed by atoms with Gasteiger partial charge in [0.2, 0.25) is 0 Å². The third-order valence-electron chi connectivity index (χ3n) is 4.21. The first-order chi connectivity index (χ1) is 13.2. The van der Waals surface area contributed by atoms with Gasteiger partial charge >= 0.3 is 0 Å². The van der Waals surface area contributed by atoms with Gasteiger partial charge in [0.05, 0.1) is 0 Å². The topological polar surface area (TPSA) is 57.8 Å². The summed E-state index contributed by atoms with van der Waals surface area (Å²) in [5, 5.41) is 11.7. The van der Waals surface area contributed by atoms with E-state index in [4.69, 9.17) is 4.99 Å². The summed E-state index contributed by atoms with van der Waals surface area (Å²) < 4.78 is 15.4. The van der Waals surface area contributed by atoms with Gasteiger partial charge in [-0.05, 0) is 43.2 Å². The van der Waals surface area contributed by atoms with Crippen molar-refractivity contribution in [1.82, 2.24) is 24.8 Å². The van der Waals surface area contributed by atoms with Crippen molar-refractivity contribution < 1.29 is 4.39 Å². The number of hydrogen-bond acceptors (Lipinski definition) is 3. The molecule has 2 aromatic heterocycles. The summed E-state index contributed by atoms with van der Waals surface area (Å²) in [6.07, 6.45) is 3.66. The van der Waals surface area contributed by atoms with E-state index < -0.39 is 0 Å². The fourth-order valence-electron chi connectivity index (χ4n) is 2.94. The van der Waals surface area contributed by atoms with Crippen LogP contribution >= 0.6 is 0 Å². The van der Waals surface area contributed by atoms with Gasteiger partial charge in [0.15, 0.2) is 11.6 Å². The number of guanidine groups is 1. The summed E-state index contributed by atoms with van der Waals surface area (Å²) in [6, 6.07) is 12.5. The number of aromatic nitrogens is 3. The molecule has 0 saturated heterocycles. The fourth-order valence-corrected chi connectivity index (χ4v) is 2.94. The first-order valence-electron chi connectivity index (χ1n) is 9.20. The molecule has 0 aliphatic rings. The highest BCUT2D eigenvalue weighted by molar-refractivity contribution is 5.79. The maximum atomic E-state index is 13.4. The quantitative estimate of drug-likeness (QED) is 0.396. The van der Waals surface area contributed by atoms with Gasteiger partial charge in [-0.25, -0.2) is 4.39 Å². The molecule has 0 aliphatic carbocycles. The molecule has 27 heavy (non-hydrogen) atoms. The van der Waals surface area contributed by atoms with Gasteiger partial charge in [-0.15, -0.1) is 10.2 Å². The number of pyridine rings is 1. The fraction of sp³-hybridized carbons (Fsp3) is 0.350. The SMILES string of the molecule is CCNC(=NCCCc1nnc2ccccn12)N(C)Cc1cccc(F)c1. The second kappa shape index (κ2) is 9.12. The maximum absolute atomic E-state index is 13.4. The molecule has 1 aromatic carbocycles. The van der Waals surface area contributed by atoms with Crippen molar-refractivity contribution in [1.29, 1.82) is 0 Å². The number of hydrogen-bond donors (Lipinski definition) is 1. The van der Waals surface area contributed by atoms with Crippen LogP contribution in [-0.2, 0) is 13.0 Å². The first-order valence-corrected chi connectivity index (χ1v) is 9.20. The highest BCUT2D eigenvalue weighted by Crippen LogP contribution is 2.07. The van der Waals surface area contributed by atoms with Crippen molar-refractivity contribution in [2.45, 2.75) is 26.3 Å². The molecular weight excluding hydrogens is 343 g/mol. The van der Waals surface area contributed by atoms with Crippen molar-refractivity contribution in [2.24, 2.45) is 4.99 Å². The minimum absolute atomic E-state index is 0.219. The average molecular weight is 368 g/mol. The van der Waals surface area contributed by atoms with Crippen LogP contribution in [-0.4, -0.2) is 45.6 Å². The summed E-state index contributed by atoms with van der Waals surface area (Å²) >= 11 is 0. The summed E-state index contributed by atoms with van der Waals surface area (Å²) in [4.78, 5) is 6.70. The molecule has 3 aromatic rings. The molecular formula is C20H25FN6. The van der Waals surface area contributed by atoms with Gasteiger partial charge in [-0.1, -0.05) is 18.2 Å². The van der Waals surface area contributed by atoms with Crippen LogP contribution < -0.4 is 5.32 Å². The molecule has 0 amide bonds. The van der Waals surface area contributed by atoms with Crippen LogP contribution in [0.4, 0.5) is 4.39 Å². The molecule has 1 N–H and O–H groups in total. The van der Waals surface area contributed by atoms with Crippen LogP contribution in [0.5, 0.6) is 0 Å². The molecule has 0 unspecified atom stereocenters. The van der Waals surface area contributed by atoms with Gasteiger partial charge in [0.25, 0.3) is 0 Å². The van der Waals surface area contributed by atoms with Crippen molar-refractivity contribution in [3.05, 3.63) is 65.9 Å². The van der Waals surface area contributed by atoms with Crippen LogP contribution in [0.15, 0.2) is 53.7 Å². The Morgan fingerprint density at radius 3 is 2.93 bits per heavy atom. The lowest BCUT2D eigenvalue weighted by Crippen LogP contribution is -2.38. The summed E-state index contributed by atoms with van der Waals surface area (Å²) in [5.74, 6) is 1.54. The number of fused-ring (bicyclic) bond motifs is 1. The van der Waals surface area contributed by atoms with E-state index in [9.17, 15) is 4.39 Å². The van der Waals surface area contributed by atoms with Crippen LogP contribution in [0.1, 0.15) is 24.7 Å². The molecule has 7 heteroatoms. The van der Waals surface area contributed by atoms with E-state index in [2.05, 4.69) is 15.5 Å². The first kappa shape index (κ1) is 18.8. The molecule has 0 fully saturated rings. The predicted molar refractivity (Wildman–Crippen MR) is 105 cm³/mol.